The molecule has 0 aromatic rings. The normalized spacial score (nSPS) is 22.9. The van der Waals surface area contributed by atoms with Gasteiger partial charge in [0.15, 0.2) is 11.4 Å². The number of nitrogens with zero attached hydrogens (tertiary/aromatic N) is 1. The standard InChI is InChI=1S/C27H33NO6/c1-6-8-9-11-22(29)23-20-14-17-13-18(10-7-2)28(21(25(31)32)12-16(3)4)15-19(17)24(30)27(20,5)34-26(23)33/h7,10,13-16,21H,6,8-9,11-12H2,1-5H3,(H,31,32)/b10-7+/t21-,27?/m0/s1. The number of allylic oxidation sites excluding steroid dienone is 4. The monoisotopic (exact) mass is 467 g/mol. The molecular weight excluding hydrogens is 434 g/mol. The fourth-order valence-corrected chi connectivity index (χ4v) is 4.62. The van der Waals surface area contributed by atoms with Crippen molar-refractivity contribution in [3.63, 3.8) is 0 Å². The molecule has 1 aliphatic carbocycles. The molecule has 182 valence electrons. The average Bonchev–Trinajstić information content (AvgIpc) is 3.02. The highest BCUT2D eigenvalue weighted by atomic mass is 16.6. The summed E-state index contributed by atoms with van der Waals surface area (Å²) in [6.07, 6.45) is 11.6. The highest BCUT2D eigenvalue weighted by Gasteiger charge is 2.54. The van der Waals surface area contributed by atoms with E-state index < -0.39 is 29.4 Å². The third kappa shape index (κ3) is 4.56. The summed E-state index contributed by atoms with van der Waals surface area (Å²) in [5.41, 5.74) is 0.0531. The summed E-state index contributed by atoms with van der Waals surface area (Å²) in [6, 6.07) is -0.865. The second-order valence-corrected chi connectivity index (χ2v) is 9.52. The predicted molar refractivity (Wildman–Crippen MR) is 127 cm³/mol. The maximum absolute atomic E-state index is 13.6. The maximum atomic E-state index is 13.6. The van der Waals surface area contributed by atoms with E-state index in [0.717, 1.165) is 12.8 Å². The van der Waals surface area contributed by atoms with Crippen LogP contribution in [0.1, 0.15) is 66.7 Å². The minimum Gasteiger partial charge on any atom is -0.480 e. The van der Waals surface area contributed by atoms with Gasteiger partial charge in [-0.2, -0.15) is 0 Å². The molecule has 0 aromatic carbocycles. The number of rotatable bonds is 10. The van der Waals surface area contributed by atoms with Crippen molar-refractivity contribution in [2.75, 3.05) is 0 Å². The Hall–Kier alpha value is -3.22. The first-order chi connectivity index (χ1) is 16.0. The van der Waals surface area contributed by atoms with Crippen LogP contribution in [0.3, 0.4) is 0 Å². The smallest absolute Gasteiger partial charge is 0.343 e. The molecule has 1 unspecified atom stereocenters. The number of unbranched alkanes of at least 4 members (excludes halogenated alkanes) is 2. The molecule has 1 N–H and O–H groups in total. The van der Waals surface area contributed by atoms with Gasteiger partial charge in [-0.3, -0.25) is 9.59 Å². The van der Waals surface area contributed by atoms with E-state index in [4.69, 9.17) is 4.74 Å². The molecule has 0 bridgehead atoms. The number of hydrogen-bond acceptors (Lipinski definition) is 6. The van der Waals surface area contributed by atoms with Crippen LogP contribution in [0.15, 0.2) is 58.5 Å². The Morgan fingerprint density at radius 2 is 1.91 bits per heavy atom. The second kappa shape index (κ2) is 9.95. The van der Waals surface area contributed by atoms with Crippen LogP contribution < -0.4 is 0 Å². The summed E-state index contributed by atoms with van der Waals surface area (Å²) in [5.74, 6) is -2.42. The molecule has 3 aliphatic rings. The lowest BCUT2D eigenvalue weighted by atomic mass is 9.76. The summed E-state index contributed by atoms with van der Waals surface area (Å²) in [6.45, 7) is 9.24. The number of fused-ring (bicyclic) bond motifs is 2. The Kier molecular flexibility index (Phi) is 7.44. The third-order valence-corrected chi connectivity index (χ3v) is 6.38. The molecule has 0 amide bonds. The van der Waals surface area contributed by atoms with E-state index in [1.165, 1.54) is 6.92 Å². The van der Waals surface area contributed by atoms with Gasteiger partial charge in [0.05, 0.1) is 0 Å². The molecule has 0 spiro atoms. The summed E-state index contributed by atoms with van der Waals surface area (Å²) in [4.78, 5) is 52.9. The summed E-state index contributed by atoms with van der Waals surface area (Å²) >= 11 is 0. The van der Waals surface area contributed by atoms with E-state index in [1.807, 2.05) is 27.7 Å². The number of hydrogen-bond donors (Lipinski definition) is 1. The van der Waals surface area contributed by atoms with Gasteiger partial charge in [-0.25, -0.2) is 9.59 Å². The van der Waals surface area contributed by atoms with E-state index in [9.17, 15) is 24.3 Å². The number of aliphatic carboxylic acids is 1. The van der Waals surface area contributed by atoms with Crippen LogP contribution in [-0.4, -0.2) is 45.2 Å². The molecule has 7 nitrogen and oxygen atoms in total. The number of carboxylic acid groups (broad SMARTS) is 1. The zero-order chi connectivity index (χ0) is 25.2. The van der Waals surface area contributed by atoms with Gasteiger partial charge >= 0.3 is 11.9 Å². The van der Waals surface area contributed by atoms with Crippen molar-refractivity contribution in [1.82, 2.24) is 4.90 Å². The van der Waals surface area contributed by atoms with Crippen LogP contribution in [0.25, 0.3) is 0 Å². The lowest BCUT2D eigenvalue weighted by molar-refractivity contribution is -0.153. The van der Waals surface area contributed by atoms with Crippen LogP contribution >= 0.6 is 0 Å². The molecule has 2 aliphatic heterocycles. The molecular formula is C27H33NO6. The minimum absolute atomic E-state index is 0.0508. The average molecular weight is 468 g/mol. The van der Waals surface area contributed by atoms with Crippen LogP contribution in [0, 0.1) is 5.92 Å². The van der Waals surface area contributed by atoms with E-state index in [-0.39, 0.29) is 34.8 Å². The zero-order valence-electron chi connectivity index (χ0n) is 20.5. The first kappa shape index (κ1) is 25.4. The number of ether oxygens (including phenoxy) is 1. The van der Waals surface area contributed by atoms with Crippen LogP contribution in [-0.2, 0) is 23.9 Å². The zero-order valence-corrected chi connectivity index (χ0v) is 20.5. The van der Waals surface area contributed by atoms with Crippen molar-refractivity contribution in [2.24, 2.45) is 5.92 Å². The molecule has 0 saturated carbocycles. The lowest BCUT2D eigenvalue weighted by Crippen LogP contribution is -2.45. The third-order valence-electron chi connectivity index (χ3n) is 6.38. The molecule has 0 radical (unpaired) electrons. The lowest BCUT2D eigenvalue weighted by Gasteiger charge is -2.37. The van der Waals surface area contributed by atoms with Gasteiger partial charge in [0.2, 0.25) is 5.78 Å². The first-order valence-electron chi connectivity index (χ1n) is 11.9. The van der Waals surface area contributed by atoms with Gasteiger partial charge in [0, 0.05) is 29.5 Å². The van der Waals surface area contributed by atoms with Crippen molar-refractivity contribution in [2.45, 2.75) is 78.4 Å². The molecule has 34 heavy (non-hydrogen) atoms. The molecule has 7 heteroatoms. The quantitative estimate of drug-likeness (QED) is 0.288. The number of ketones is 2. The van der Waals surface area contributed by atoms with Gasteiger partial charge in [-0.1, -0.05) is 39.7 Å². The summed E-state index contributed by atoms with van der Waals surface area (Å²) < 4.78 is 5.50. The van der Waals surface area contributed by atoms with Crippen molar-refractivity contribution in [3.05, 3.63) is 58.5 Å². The van der Waals surface area contributed by atoms with Crippen LogP contribution in [0.2, 0.25) is 0 Å². The van der Waals surface area contributed by atoms with E-state index in [2.05, 4.69) is 0 Å². The van der Waals surface area contributed by atoms with Gasteiger partial charge in [-0.05, 0) is 56.4 Å². The van der Waals surface area contributed by atoms with Gasteiger partial charge in [-0.15, -0.1) is 0 Å². The number of Topliss-reactive ketones (excluding diaryl/α,β-unsaturated/α-hetero) is 2. The predicted octanol–water partition coefficient (Wildman–Crippen LogP) is 4.42. The molecule has 2 heterocycles. The van der Waals surface area contributed by atoms with Gasteiger partial charge < -0.3 is 14.7 Å². The Bertz CT molecular complexity index is 1070. The Morgan fingerprint density at radius 1 is 1.21 bits per heavy atom. The molecule has 0 aromatic heterocycles. The maximum Gasteiger partial charge on any atom is 0.343 e. The topological polar surface area (TPSA) is 101 Å². The second-order valence-electron chi connectivity index (χ2n) is 9.52. The fourth-order valence-electron chi connectivity index (χ4n) is 4.62. The van der Waals surface area contributed by atoms with Crippen LogP contribution in [0.4, 0.5) is 0 Å². The number of esters is 1. The van der Waals surface area contributed by atoms with Crippen molar-refractivity contribution in [3.8, 4) is 0 Å². The molecule has 0 fully saturated rings. The fraction of sp³-hybridized carbons (Fsp3) is 0.481. The van der Waals surface area contributed by atoms with E-state index in [0.29, 0.717) is 24.1 Å². The van der Waals surface area contributed by atoms with Crippen molar-refractivity contribution < 1.29 is 29.0 Å². The molecule has 2 atom stereocenters. The van der Waals surface area contributed by atoms with Crippen molar-refractivity contribution in [1.29, 1.82) is 0 Å². The number of carboxylic acids is 1. The SMILES string of the molecule is C/C=C/C1=CC2=CC3=C(C(=O)CCCCC)C(=O)OC3(C)C(=O)C2=CN1[C@@H](CC(C)C)C(=O)O. The Morgan fingerprint density at radius 3 is 2.50 bits per heavy atom. The largest absolute Gasteiger partial charge is 0.480 e. The Balaban J connectivity index is 2.13. The van der Waals surface area contributed by atoms with Crippen LogP contribution in [0.5, 0.6) is 0 Å². The number of carbonyl (C=O) groups excluding carboxylic acids is 3. The summed E-state index contributed by atoms with van der Waals surface area (Å²) in [5, 5.41) is 9.91. The highest BCUT2D eigenvalue weighted by Crippen LogP contribution is 2.45. The van der Waals surface area contributed by atoms with E-state index >= 15 is 0 Å². The number of carbonyl (C=O) groups is 4. The van der Waals surface area contributed by atoms with Gasteiger partial charge in [0.1, 0.15) is 11.6 Å². The minimum atomic E-state index is -1.60. The van der Waals surface area contributed by atoms with E-state index in [1.54, 1.807) is 35.4 Å². The van der Waals surface area contributed by atoms with Gasteiger partial charge in [0.25, 0.3) is 0 Å². The van der Waals surface area contributed by atoms with Crippen molar-refractivity contribution >= 4 is 23.5 Å². The molecule has 0 saturated heterocycles. The first-order valence-corrected chi connectivity index (χ1v) is 11.9. The summed E-state index contributed by atoms with van der Waals surface area (Å²) in [7, 11) is 0. The Labute approximate surface area is 200 Å². The molecule has 3 rings (SSSR count). The highest BCUT2D eigenvalue weighted by molar-refractivity contribution is 6.25.